The van der Waals surface area contributed by atoms with Crippen LogP contribution in [0.15, 0.2) is 29.3 Å². The molecule has 31 heavy (non-hydrogen) atoms. The van der Waals surface area contributed by atoms with Crippen LogP contribution in [-0.4, -0.2) is 66.6 Å². The van der Waals surface area contributed by atoms with Gasteiger partial charge in [-0.2, -0.15) is 5.10 Å². The highest BCUT2D eigenvalue weighted by Gasteiger charge is 2.23. The van der Waals surface area contributed by atoms with Gasteiger partial charge < -0.3 is 15.4 Å². The lowest BCUT2D eigenvalue weighted by atomic mass is 10.0. The summed E-state index contributed by atoms with van der Waals surface area (Å²) in [4.78, 5) is 6.98. The summed E-state index contributed by atoms with van der Waals surface area (Å²) >= 11 is 0. The number of morpholine rings is 1. The van der Waals surface area contributed by atoms with E-state index in [4.69, 9.17) is 4.74 Å². The molecular formula is C24H38N6O. The van der Waals surface area contributed by atoms with Crippen molar-refractivity contribution in [2.45, 2.75) is 46.2 Å². The van der Waals surface area contributed by atoms with Crippen LogP contribution in [0.5, 0.6) is 0 Å². The minimum Gasteiger partial charge on any atom is -0.379 e. The minimum atomic E-state index is 0.244. The van der Waals surface area contributed by atoms with E-state index in [1.807, 2.05) is 18.8 Å². The Hall–Kier alpha value is -2.38. The van der Waals surface area contributed by atoms with E-state index in [9.17, 15) is 0 Å². The fourth-order valence-electron chi connectivity index (χ4n) is 4.23. The van der Waals surface area contributed by atoms with Gasteiger partial charge in [0.15, 0.2) is 5.96 Å². The Balaban J connectivity index is 1.63. The van der Waals surface area contributed by atoms with Crippen molar-refractivity contribution in [2.24, 2.45) is 12.0 Å². The number of benzene rings is 1. The summed E-state index contributed by atoms with van der Waals surface area (Å²) in [5, 5.41) is 11.7. The summed E-state index contributed by atoms with van der Waals surface area (Å²) in [6, 6.07) is 9.39. The van der Waals surface area contributed by atoms with Gasteiger partial charge in [0.2, 0.25) is 0 Å². The highest BCUT2D eigenvalue weighted by Crippen LogP contribution is 2.22. The van der Waals surface area contributed by atoms with Crippen LogP contribution in [0.4, 0.5) is 0 Å². The van der Waals surface area contributed by atoms with Crippen LogP contribution in [0.25, 0.3) is 0 Å². The molecule has 170 valence electrons. The lowest BCUT2D eigenvalue weighted by Gasteiger charge is -2.35. The van der Waals surface area contributed by atoms with Crippen molar-refractivity contribution in [3.05, 3.63) is 52.3 Å². The lowest BCUT2D eigenvalue weighted by Crippen LogP contribution is -2.48. The molecule has 0 aliphatic carbocycles. The zero-order valence-corrected chi connectivity index (χ0v) is 19.9. The van der Waals surface area contributed by atoms with Crippen molar-refractivity contribution in [2.75, 3.05) is 39.9 Å². The minimum absolute atomic E-state index is 0.244. The topological polar surface area (TPSA) is 66.7 Å². The van der Waals surface area contributed by atoms with E-state index in [-0.39, 0.29) is 12.1 Å². The number of aromatic nitrogens is 2. The quantitative estimate of drug-likeness (QED) is 0.526. The third kappa shape index (κ3) is 6.08. The third-order valence-electron chi connectivity index (χ3n) is 6.19. The monoisotopic (exact) mass is 426 g/mol. The van der Waals surface area contributed by atoms with Gasteiger partial charge >= 0.3 is 0 Å². The third-order valence-corrected chi connectivity index (χ3v) is 6.19. The molecule has 1 saturated heterocycles. The summed E-state index contributed by atoms with van der Waals surface area (Å²) < 4.78 is 7.53. The van der Waals surface area contributed by atoms with E-state index in [0.717, 1.165) is 50.9 Å². The maximum Gasteiger partial charge on any atom is 0.191 e. The van der Waals surface area contributed by atoms with Crippen LogP contribution in [0.2, 0.25) is 0 Å². The Labute approximate surface area is 186 Å². The highest BCUT2D eigenvalue weighted by molar-refractivity contribution is 5.80. The van der Waals surface area contributed by atoms with E-state index in [1.165, 1.54) is 22.4 Å². The van der Waals surface area contributed by atoms with Gasteiger partial charge in [-0.25, -0.2) is 0 Å². The predicted molar refractivity (Wildman–Crippen MR) is 127 cm³/mol. The van der Waals surface area contributed by atoms with Crippen molar-refractivity contribution in [3.8, 4) is 0 Å². The average Bonchev–Trinajstić information content (AvgIpc) is 3.00. The van der Waals surface area contributed by atoms with Crippen molar-refractivity contribution in [1.29, 1.82) is 0 Å². The van der Waals surface area contributed by atoms with Gasteiger partial charge in [-0.15, -0.1) is 0 Å². The average molecular weight is 427 g/mol. The first-order valence-corrected chi connectivity index (χ1v) is 11.2. The normalized spacial score (nSPS) is 17.4. The van der Waals surface area contributed by atoms with Crippen LogP contribution in [0.1, 0.15) is 41.0 Å². The maximum atomic E-state index is 5.58. The SMILES string of the molecule is CN=C(NCC(c1ccc(C)cc1)N1CCOCC1)NC(C)Cc1c(C)nn(C)c1C. The summed E-state index contributed by atoms with van der Waals surface area (Å²) in [5.41, 5.74) is 6.24. The van der Waals surface area contributed by atoms with Gasteiger partial charge in [-0.1, -0.05) is 29.8 Å². The molecule has 1 aromatic carbocycles. The molecule has 0 spiro atoms. The Bertz CT molecular complexity index is 867. The second-order valence-corrected chi connectivity index (χ2v) is 8.55. The largest absolute Gasteiger partial charge is 0.379 e. The number of guanidine groups is 1. The number of aliphatic imine (C=N–C) groups is 1. The Morgan fingerprint density at radius 2 is 1.84 bits per heavy atom. The van der Waals surface area contributed by atoms with Crippen molar-refractivity contribution >= 4 is 5.96 Å². The maximum absolute atomic E-state index is 5.58. The first-order chi connectivity index (χ1) is 14.9. The molecule has 0 saturated carbocycles. The molecular weight excluding hydrogens is 388 g/mol. The van der Waals surface area contributed by atoms with E-state index >= 15 is 0 Å². The van der Waals surface area contributed by atoms with E-state index < -0.39 is 0 Å². The van der Waals surface area contributed by atoms with Crippen LogP contribution in [0, 0.1) is 20.8 Å². The number of nitrogens with zero attached hydrogens (tertiary/aromatic N) is 4. The number of ether oxygens (including phenoxy) is 1. The molecule has 0 radical (unpaired) electrons. The van der Waals surface area contributed by atoms with Gasteiger partial charge in [0.25, 0.3) is 0 Å². The van der Waals surface area contributed by atoms with E-state index in [1.54, 1.807) is 0 Å². The number of rotatable bonds is 7. The van der Waals surface area contributed by atoms with Gasteiger partial charge in [0, 0.05) is 45.5 Å². The molecule has 2 aromatic rings. The van der Waals surface area contributed by atoms with E-state index in [0.29, 0.717) is 0 Å². The molecule has 3 rings (SSSR count). The first kappa shape index (κ1) is 23.3. The van der Waals surface area contributed by atoms with Crippen molar-refractivity contribution in [1.82, 2.24) is 25.3 Å². The number of hydrogen-bond acceptors (Lipinski definition) is 4. The zero-order chi connectivity index (χ0) is 22.4. The second kappa shape index (κ2) is 10.8. The van der Waals surface area contributed by atoms with Gasteiger partial charge in [-0.3, -0.25) is 14.6 Å². The van der Waals surface area contributed by atoms with Gasteiger partial charge in [0.1, 0.15) is 0 Å². The lowest BCUT2D eigenvalue weighted by molar-refractivity contribution is 0.0170. The number of aryl methyl sites for hydroxylation is 3. The summed E-state index contributed by atoms with van der Waals surface area (Å²) in [5.74, 6) is 0.831. The molecule has 2 N–H and O–H groups in total. The molecule has 1 aliphatic heterocycles. The molecule has 1 aliphatic rings. The molecule has 2 unspecified atom stereocenters. The van der Waals surface area contributed by atoms with Crippen LogP contribution < -0.4 is 10.6 Å². The van der Waals surface area contributed by atoms with Crippen LogP contribution in [0.3, 0.4) is 0 Å². The highest BCUT2D eigenvalue weighted by atomic mass is 16.5. The molecule has 7 nitrogen and oxygen atoms in total. The van der Waals surface area contributed by atoms with Crippen molar-refractivity contribution in [3.63, 3.8) is 0 Å². The molecule has 1 aromatic heterocycles. The van der Waals surface area contributed by atoms with Gasteiger partial charge in [0.05, 0.1) is 24.9 Å². The summed E-state index contributed by atoms with van der Waals surface area (Å²) in [6.07, 6.45) is 0.914. The molecule has 0 bridgehead atoms. The molecule has 1 fully saturated rings. The molecule has 2 atom stereocenters. The fraction of sp³-hybridized carbons (Fsp3) is 0.583. The summed E-state index contributed by atoms with van der Waals surface area (Å²) in [6.45, 7) is 12.8. The van der Waals surface area contributed by atoms with Gasteiger partial charge in [-0.05, 0) is 45.2 Å². The smallest absolute Gasteiger partial charge is 0.191 e. The molecule has 2 heterocycles. The number of hydrogen-bond donors (Lipinski definition) is 2. The predicted octanol–water partition coefficient (Wildman–Crippen LogP) is 2.51. The second-order valence-electron chi connectivity index (χ2n) is 8.55. The Morgan fingerprint density at radius 3 is 2.42 bits per heavy atom. The van der Waals surface area contributed by atoms with E-state index in [2.05, 4.69) is 77.6 Å². The molecule has 7 heteroatoms. The Kier molecular flexibility index (Phi) is 8.09. The standard InChI is InChI=1S/C24H38N6O/c1-17-7-9-21(10-8-17)23(30-11-13-31-14-12-30)16-26-24(25-5)27-18(2)15-22-19(3)28-29(6)20(22)4/h7-10,18,23H,11-16H2,1-6H3,(H2,25,26,27). The zero-order valence-electron chi connectivity index (χ0n) is 19.9. The Morgan fingerprint density at radius 1 is 1.16 bits per heavy atom. The van der Waals surface area contributed by atoms with Crippen LogP contribution in [-0.2, 0) is 18.2 Å². The summed E-state index contributed by atoms with van der Waals surface area (Å²) in [7, 11) is 3.83. The fourth-order valence-corrected chi connectivity index (χ4v) is 4.23. The van der Waals surface area contributed by atoms with Crippen molar-refractivity contribution < 1.29 is 4.74 Å². The number of nitrogens with one attached hydrogen (secondary N) is 2. The first-order valence-electron chi connectivity index (χ1n) is 11.2. The van der Waals surface area contributed by atoms with Crippen LogP contribution >= 0.6 is 0 Å². The molecule has 0 amide bonds.